The van der Waals surface area contributed by atoms with Crippen molar-refractivity contribution in [2.75, 3.05) is 36.9 Å². The summed E-state index contributed by atoms with van der Waals surface area (Å²) in [7, 11) is 0. The summed E-state index contributed by atoms with van der Waals surface area (Å²) in [6, 6.07) is 12.4. The Kier molecular flexibility index (Phi) is 9.45. The fourth-order valence-electron chi connectivity index (χ4n) is 6.93. The fourth-order valence-corrected chi connectivity index (χ4v) is 6.93. The summed E-state index contributed by atoms with van der Waals surface area (Å²) in [5, 5.41) is 26.1. The molecule has 49 heavy (non-hydrogen) atoms. The van der Waals surface area contributed by atoms with Crippen molar-refractivity contribution in [2.24, 2.45) is 0 Å². The van der Waals surface area contributed by atoms with Crippen molar-refractivity contribution in [3.63, 3.8) is 0 Å². The van der Waals surface area contributed by atoms with Gasteiger partial charge in [-0.25, -0.2) is 4.98 Å². The number of aromatic nitrogens is 1. The number of amides is 4. The van der Waals surface area contributed by atoms with Crippen LogP contribution in [0.4, 0.5) is 11.4 Å². The van der Waals surface area contributed by atoms with Crippen molar-refractivity contribution in [3.05, 3.63) is 54.7 Å². The van der Waals surface area contributed by atoms with E-state index in [1.807, 2.05) is 0 Å². The fraction of sp³-hybridized carbons (Fsp3) is 0.457. The third-order valence-electron chi connectivity index (χ3n) is 9.48. The van der Waals surface area contributed by atoms with E-state index in [0.29, 0.717) is 54.6 Å². The molecule has 6 atom stereocenters. The van der Waals surface area contributed by atoms with Gasteiger partial charge in [0.25, 0.3) is 11.8 Å². The second kappa shape index (κ2) is 14.1. The molecule has 4 aliphatic heterocycles. The highest BCUT2D eigenvalue weighted by Crippen LogP contribution is 2.30. The van der Waals surface area contributed by atoms with Crippen LogP contribution >= 0.6 is 0 Å². The van der Waals surface area contributed by atoms with E-state index < -0.39 is 36.5 Å². The monoisotopic (exact) mass is 673 g/mol. The van der Waals surface area contributed by atoms with Gasteiger partial charge in [-0.1, -0.05) is 0 Å². The SMILES string of the molecule is O=C(Nc1ccc(-c2cnc(-c3ccc(NC(=O)[C@@H]4C[C@@H](O)CN4C(=O)[C@H]4CCCO4)cc3)o2)cc1)C1C[C@@H](O)CN1C(=O)[C@H]1CCCO1. The van der Waals surface area contributed by atoms with Gasteiger partial charge in [0.05, 0.1) is 18.4 Å². The number of aliphatic hydroxyl groups is 2. The number of ether oxygens (including phenoxy) is 2. The van der Waals surface area contributed by atoms with Gasteiger partial charge in [0.2, 0.25) is 17.7 Å². The zero-order valence-corrected chi connectivity index (χ0v) is 26.8. The van der Waals surface area contributed by atoms with Gasteiger partial charge >= 0.3 is 0 Å². The Balaban J connectivity index is 0.950. The molecule has 14 heteroatoms. The number of likely N-dealkylation sites (tertiary alicyclic amines) is 2. The zero-order valence-electron chi connectivity index (χ0n) is 26.8. The summed E-state index contributed by atoms with van der Waals surface area (Å²) < 4.78 is 17.0. The summed E-state index contributed by atoms with van der Waals surface area (Å²) >= 11 is 0. The van der Waals surface area contributed by atoms with Crippen molar-refractivity contribution in [3.8, 4) is 22.8 Å². The molecule has 4 saturated heterocycles. The number of nitrogens with one attached hydrogen (secondary N) is 2. The number of nitrogens with zero attached hydrogens (tertiary/aromatic N) is 3. The second-order valence-electron chi connectivity index (χ2n) is 13.0. The van der Waals surface area contributed by atoms with Crippen LogP contribution in [0.15, 0.2) is 59.1 Å². The lowest BCUT2D eigenvalue weighted by Gasteiger charge is -2.26. The van der Waals surface area contributed by atoms with Crippen molar-refractivity contribution in [1.82, 2.24) is 14.8 Å². The number of oxazole rings is 1. The Bertz CT molecular complexity index is 1560. The molecule has 4 aliphatic rings. The standard InChI is InChI=1S/C35H39N5O9/c41-24-15-26(39(18-24)34(45)28-3-1-13-47-28)31(43)37-22-9-5-20(6-10-22)30-17-36-33(49-30)21-7-11-23(12-8-21)38-32(44)27-16-25(42)19-40(27)35(46)29-4-2-14-48-29/h5-12,17,24-29,41-42H,1-4,13-16,18-19H2,(H,37,43)(H,38,44)/t24-,25-,26?,27+,28-,29-/m1/s1. The average Bonchev–Trinajstić information content (AvgIpc) is 3.95. The number of aliphatic hydroxyl groups excluding tert-OH is 2. The molecule has 14 nitrogen and oxygen atoms in total. The van der Waals surface area contributed by atoms with Gasteiger partial charge in [0.15, 0.2) is 5.76 Å². The van der Waals surface area contributed by atoms with Crippen molar-refractivity contribution in [2.45, 2.75) is 75.0 Å². The van der Waals surface area contributed by atoms with Crippen LogP contribution < -0.4 is 10.6 Å². The number of rotatable bonds is 8. The number of anilines is 2. The Labute approximate surface area is 282 Å². The van der Waals surface area contributed by atoms with E-state index >= 15 is 0 Å². The number of benzene rings is 2. The molecule has 0 bridgehead atoms. The summed E-state index contributed by atoms with van der Waals surface area (Å²) in [6.07, 6.45) is 2.06. The minimum absolute atomic E-state index is 0.0997. The van der Waals surface area contributed by atoms with Crippen LogP contribution in [0, 0.1) is 0 Å². The van der Waals surface area contributed by atoms with Crippen molar-refractivity contribution >= 4 is 35.0 Å². The molecule has 3 aromatic rings. The van der Waals surface area contributed by atoms with Crippen molar-refractivity contribution < 1.29 is 43.3 Å². The van der Waals surface area contributed by atoms with Crippen molar-refractivity contribution in [1.29, 1.82) is 0 Å². The highest BCUT2D eigenvalue weighted by Gasteiger charge is 2.43. The van der Waals surface area contributed by atoms with Crippen LogP contribution in [-0.2, 0) is 28.7 Å². The molecule has 0 radical (unpaired) electrons. The molecule has 0 aliphatic carbocycles. The first-order valence-corrected chi connectivity index (χ1v) is 16.7. The van der Waals surface area contributed by atoms with Gasteiger partial charge in [-0.3, -0.25) is 19.2 Å². The molecular weight excluding hydrogens is 634 g/mol. The summed E-state index contributed by atoms with van der Waals surface area (Å²) in [5.41, 5.74) is 2.47. The molecular formula is C35H39N5O9. The molecule has 5 heterocycles. The van der Waals surface area contributed by atoms with E-state index in [2.05, 4.69) is 15.6 Å². The third kappa shape index (κ3) is 7.08. The number of β-amino-alcohol motifs (C(OH)–C–C–N with tert-alkyl or cyclic N) is 2. The van der Waals surface area contributed by atoms with Gasteiger partial charge in [0, 0.05) is 61.6 Å². The van der Waals surface area contributed by atoms with E-state index in [4.69, 9.17) is 13.9 Å². The predicted molar refractivity (Wildman–Crippen MR) is 175 cm³/mol. The Morgan fingerprint density at radius 3 is 1.61 bits per heavy atom. The maximum atomic E-state index is 13.1. The van der Waals surface area contributed by atoms with Crippen LogP contribution in [-0.4, -0.2) is 111 Å². The van der Waals surface area contributed by atoms with E-state index in [9.17, 15) is 29.4 Å². The third-order valence-corrected chi connectivity index (χ3v) is 9.48. The highest BCUT2D eigenvalue weighted by atomic mass is 16.5. The molecule has 258 valence electrons. The van der Waals surface area contributed by atoms with Crippen LogP contribution in [0.1, 0.15) is 38.5 Å². The molecule has 1 aromatic heterocycles. The van der Waals surface area contributed by atoms with E-state index in [0.717, 1.165) is 18.4 Å². The zero-order chi connectivity index (χ0) is 34.1. The van der Waals surface area contributed by atoms with Crippen LogP contribution in [0.5, 0.6) is 0 Å². The van der Waals surface area contributed by atoms with Gasteiger partial charge in [-0.05, 0) is 74.2 Å². The lowest BCUT2D eigenvalue weighted by atomic mass is 10.1. The number of hydrogen-bond acceptors (Lipinski definition) is 10. The Morgan fingerprint density at radius 2 is 1.16 bits per heavy atom. The molecule has 4 fully saturated rings. The largest absolute Gasteiger partial charge is 0.436 e. The van der Waals surface area contributed by atoms with E-state index in [-0.39, 0.29) is 49.6 Å². The quantitative estimate of drug-likeness (QED) is 0.276. The number of carbonyl (C=O) groups excluding carboxylic acids is 4. The lowest BCUT2D eigenvalue weighted by Crippen LogP contribution is -2.47. The second-order valence-corrected chi connectivity index (χ2v) is 13.0. The van der Waals surface area contributed by atoms with Crippen LogP contribution in [0.3, 0.4) is 0 Å². The van der Waals surface area contributed by atoms with Crippen LogP contribution in [0.2, 0.25) is 0 Å². The molecule has 0 saturated carbocycles. The highest BCUT2D eigenvalue weighted by molar-refractivity contribution is 5.99. The maximum absolute atomic E-state index is 13.1. The molecule has 0 spiro atoms. The number of hydrogen-bond donors (Lipinski definition) is 4. The predicted octanol–water partition coefficient (Wildman–Crippen LogP) is 2.17. The van der Waals surface area contributed by atoms with E-state index in [1.54, 1.807) is 54.7 Å². The molecule has 4 N–H and O–H groups in total. The van der Waals surface area contributed by atoms with Gasteiger partial charge < -0.3 is 44.5 Å². The molecule has 7 rings (SSSR count). The Morgan fingerprint density at radius 1 is 0.694 bits per heavy atom. The minimum atomic E-state index is -0.786. The minimum Gasteiger partial charge on any atom is -0.436 e. The van der Waals surface area contributed by atoms with Gasteiger partial charge in [-0.2, -0.15) is 0 Å². The lowest BCUT2D eigenvalue weighted by molar-refractivity contribution is -0.145. The smallest absolute Gasteiger partial charge is 0.252 e. The number of carbonyl (C=O) groups is 4. The average molecular weight is 674 g/mol. The molecule has 2 aromatic carbocycles. The summed E-state index contributed by atoms with van der Waals surface area (Å²) in [4.78, 5) is 59.3. The maximum Gasteiger partial charge on any atom is 0.252 e. The Hall–Kier alpha value is -4.63. The first-order valence-electron chi connectivity index (χ1n) is 16.7. The van der Waals surface area contributed by atoms with E-state index in [1.165, 1.54) is 9.80 Å². The first-order chi connectivity index (χ1) is 23.7. The normalized spacial score (nSPS) is 26.7. The molecule has 4 amide bonds. The topological polar surface area (TPSA) is 184 Å². The first kappa shape index (κ1) is 32.9. The summed E-state index contributed by atoms with van der Waals surface area (Å²) in [6.45, 7) is 1.23. The summed E-state index contributed by atoms with van der Waals surface area (Å²) in [5.74, 6) is -0.393. The van der Waals surface area contributed by atoms with Crippen LogP contribution in [0.25, 0.3) is 22.8 Å². The van der Waals surface area contributed by atoms with Gasteiger partial charge in [0.1, 0.15) is 24.3 Å². The van der Waals surface area contributed by atoms with Gasteiger partial charge in [-0.15, -0.1) is 0 Å². The molecule has 1 unspecified atom stereocenters.